The zero-order valence-corrected chi connectivity index (χ0v) is 11.5. The summed E-state index contributed by atoms with van der Waals surface area (Å²) < 4.78 is 1.11. The molecule has 1 fully saturated rings. The molecule has 88 valence electrons. The van der Waals surface area contributed by atoms with Crippen LogP contribution in [0.3, 0.4) is 0 Å². The molecule has 0 amide bonds. The molecular weight excluding hydrogens is 264 g/mol. The van der Waals surface area contributed by atoms with Gasteiger partial charge in [0.15, 0.2) is 0 Å². The summed E-state index contributed by atoms with van der Waals surface area (Å²) in [5.41, 5.74) is 8.12. The molecule has 1 aliphatic rings. The number of nitrogens with zero attached hydrogens (tertiary/aromatic N) is 1. The van der Waals surface area contributed by atoms with Crippen molar-refractivity contribution >= 4 is 21.6 Å². The summed E-state index contributed by atoms with van der Waals surface area (Å²) in [6, 6.07) is 6.42. The van der Waals surface area contributed by atoms with Crippen molar-refractivity contribution in [1.29, 1.82) is 0 Å². The number of hydrogen-bond donors (Lipinski definition) is 1. The Labute approximate surface area is 106 Å². The minimum atomic E-state index is 0.597. The molecule has 1 aromatic rings. The molecular formula is C13H19BrN2. The molecule has 16 heavy (non-hydrogen) atoms. The van der Waals surface area contributed by atoms with E-state index in [1.807, 2.05) is 0 Å². The molecule has 0 aromatic heterocycles. The Kier molecular flexibility index (Phi) is 3.55. The van der Waals surface area contributed by atoms with E-state index in [0.717, 1.165) is 22.9 Å². The highest BCUT2D eigenvalue weighted by Gasteiger charge is 2.33. The van der Waals surface area contributed by atoms with Crippen molar-refractivity contribution in [3.8, 4) is 0 Å². The SMILES string of the molecule is CC1CC1CN(C)c1cc(Br)cc(CN)c1. The maximum atomic E-state index is 5.68. The lowest BCUT2D eigenvalue weighted by molar-refractivity contribution is 0.725. The molecule has 0 saturated heterocycles. The molecule has 0 bridgehead atoms. The van der Waals surface area contributed by atoms with Gasteiger partial charge in [0.2, 0.25) is 0 Å². The van der Waals surface area contributed by atoms with Gasteiger partial charge in [0.1, 0.15) is 0 Å². The van der Waals surface area contributed by atoms with Gasteiger partial charge in [-0.3, -0.25) is 0 Å². The van der Waals surface area contributed by atoms with Crippen molar-refractivity contribution in [1.82, 2.24) is 0 Å². The quantitative estimate of drug-likeness (QED) is 0.920. The first-order chi connectivity index (χ1) is 7.60. The number of anilines is 1. The lowest BCUT2D eigenvalue weighted by Gasteiger charge is -2.20. The van der Waals surface area contributed by atoms with Crippen LogP contribution in [0, 0.1) is 11.8 Å². The summed E-state index contributed by atoms with van der Waals surface area (Å²) in [5.74, 6) is 1.79. The van der Waals surface area contributed by atoms with Crippen LogP contribution >= 0.6 is 15.9 Å². The van der Waals surface area contributed by atoms with Crippen LogP contribution in [0.4, 0.5) is 5.69 Å². The van der Waals surface area contributed by atoms with Crippen molar-refractivity contribution in [2.45, 2.75) is 19.9 Å². The first-order valence-electron chi connectivity index (χ1n) is 5.81. The van der Waals surface area contributed by atoms with Crippen LogP contribution in [0.1, 0.15) is 18.9 Å². The number of hydrogen-bond acceptors (Lipinski definition) is 2. The van der Waals surface area contributed by atoms with Gasteiger partial charge >= 0.3 is 0 Å². The molecule has 2 unspecified atom stereocenters. The highest BCUT2D eigenvalue weighted by Crippen LogP contribution is 2.38. The molecule has 2 atom stereocenters. The van der Waals surface area contributed by atoms with E-state index in [1.54, 1.807) is 0 Å². The average Bonchev–Trinajstić information content (AvgIpc) is 2.93. The van der Waals surface area contributed by atoms with Crippen LogP contribution in [-0.2, 0) is 6.54 Å². The van der Waals surface area contributed by atoms with Crippen LogP contribution in [-0.4, -0.2) is 13.6 Å². The first-order valence-corrected chi connectivity index (χ1v) is 6.60. The largest absolute Gasteiger partial charge is 0.374 e. The Balaban J connectivity index is 2.09. The number of halogens is 1. The number of benzene rings is 1. The van der Waals surface area contributed by atoms with Crippen molar-refractivity contribution in [3.63, 3.8) is 0 Å². The first kappa shape index (κ1) is 11.9. The normalized spacial score (nSPS) is 23.2. The lowest BCUT2D eigenvalue weighted by atomic mass is 10.2. The highest BCUT2D eigenvalue weighted by atomic mass is 79.9. The Morgan fingerprint density at radius 1 is 1.44 bits per heavy atom. The van der Waals surface area contributed by atoms with Crippen molar-refractivity contribution < 1.29 is 0 Å². The Morgan fingerprint density at radius 2 is 2.12 bits per heavy atom. The number of nitrogens with two attached hydrogens (primary N) is 1. The molecule has 2 rings (SSSR count). The zero-order valence-electron chi connectivity index (χ0n) is 9.91. The highest BCUT2D eigenvalue weighted by molar-refractivity contribution is 9.10. The fourth-order valence-corrected chi connectivity index (χ4v) is 2.61. The van der Waals surface area contributed by atoms with Crippen LogP contribution in [0.25, 0.3) is 0 Å². The summed E-state index contributed by atoms with van der Waals surface area (Å²) in [5, 5.41) is 0. The third kappa shape index (κ3) is 2.77. The molecule has 0 heterocycles. The molecule has 3 heteroatoms. The molecule has 2 N–H and O–H groups in total. The van der Waals surface area contributed by atoms with E-state index >= 15 is 0 Å². The minimum Gasteiger partial charge on any atom is -0.374 e. The lowest BCUT2D eigenvalue weighted by Crippen LogP contribution is -2.20. The Bertz CT molecular complexity index is 378. The molecule has 0 spiro atoms. The molecule has 1 saturated carbocycles. The molecule has 0 radical (unpaired) electrons. The topological polar surface area (TPSA) is 29.3 Å². The van der Waals surface area contributed by atoms with Gasteiger partial charge in [0, 0.05) is 30.3 Å². The summed E-state index contributed by atoms with van der Waals surface area (Å²) in [6.07, 6.45) is 1.38. The monoisotopic (exact) mass is 282 g/mol. The van der Waals surface area contributed by atoms with Crippen LogP contribution in [0.2, 0.25) is 0 Å². The second-order valence-corrected chi connectivity index (χ2v) is 5.79. The summed E-state index contributed by atoms with van der Waals surface area (Å²) in [7, 11) is 2.16. The predicted molar refractivity (Wildman–Crippen MR) is 72.6 cm³/mol. The third-order valence-corrected chi connectivity index (χ3v) is 3.86. The van der Waals surface area contributed by atoms with Crippen LogP contribution < -0.4 is 10.6 Å². The van der Waals surface area contributed by atoms with Crippen LogP contribution in [0.15, 0.2) is 22.7 Å². The standard InChI is InChI=1S/C13H19BrN2/c1-9-3-11(9)8-16(2)13-5-10(7-15)4-12(14)6-13/h4-6,9,11H,3,7-8,15H2,1-2H3. The predicted octanol–water partition coefficient (Wildman–Crippen LogP) is 3.00. The van der Waals surface area contributed by atoms with Gasteiger partial charge in [-0.25, -0.2) is 0 Å². The van der Waals surface area contributed by atoms with Crippen LogP contribution in [0.5, 0.6) is 0 Å². The average molecular weight is 283 g/mol. The van der Waals surface area contributed by atoms with E-state index in [1.165, 1.54) is 17.7 Å². The maximum absolute atomic E-state index is 5.68. The third-order valence-electron chi connectivity index (χ3n) is 3.40. The summed E-state index contributed by atoms with van der Waals surface area (Å²) >= 11 is 3.53. The van der Waals surface area contributed by atoms with E-state index in [0.29, 0.717) is 6.54 Å². The molecule has 1 aromatic carbocycles. The maximum Gasteiger partial charge on any atom is 0.0378 e. The zero-order chi connectivity index (χ0) is 11.7. The smallest absolute Gasteiger partial charge is 0.0378 e. The fourth-order valence-electron chi connectivity index (χ4n) is 2.08. The Hall–Kier alpha value is -0.540. The Morgan fingerprint density at radius 3 is 2.69 bits per heavy atom. The van der Waals surface area contributed by atoms with Gasteiger partial charge < -0.3 is 10.6 Å². The van der Waals surface area contributed by atoms with Gasteiger partial charge in [-0.2, -0.15) is 0 Å². The van der Waals surface area contributed by atoms with Gasteiger partial charge in [-0.05, 0) is 42.0 Å². The number of rotatable bonds is 4. The van der Waals surface area contributed by atoms with Crippen molar-refractivity contribution in [2.75, 3.05) is 18.5 Å². The van der Waals surface area contributed by atoms with E-state index < -0.39 is 0 Å². The fraction of sp³-hybridized carbons (Fsp3) is 0.538. The van der Waals surface area contributed by atoms with Crippen molar-refractivity contribution in [2.24, 2.45) is 17.6 Å². The second-order valence-electron chi connectivity index (χ2n) is 4.88. The van der Waals surface area contributed by atoms with E-state index in [2.05, 4.69) is 53.0 Å². The second kappa shape index (κ2) is 4.76. The van der Waals surface area contributed by atoms with Gasteiger partial charge in [0.05, 0.1) is 0 Å². The van der Waals surface area contributed by atoms with E-state index in [-0.39, 0.29) is 0 Å². The summed E-state index contributed by atoms with van der Waals surface area (Å²) in [4.78, 5) is 2.33. The molecule has 0 aliphatic heterocycles. The molecule has 1 aliphatic carbocycles. The minimum absolute atomic E-state index is 0.597. The van der Waals surface area contributed by atoms with Crippen molar-refractivity contribution in [3.05, 3.63) is 28.2 Å². The summed E-state index contributed by atoms with van der Waals surface area (Å²) in [6.45, 7) is 4.08. The van der Waals surface area contributed by atoms with E-state index in [9.17, 15) is 0 Å². The van der Waals surface area contributed by atoms with Gasteiger partial charge in [-0.1, -0.05) is 22.9 Å². The molecule has 2 nitrogen and oxygen atoms in total. The van der Waals surface area contributed by atoms with Gasteiger partial charge in [-0.15, -0.1) is 0 Å². The van der Waals surface area contributed by atoms with Gasteiger partial charge in [0.25, 0.3) is 0 Å². The van der Waals surface area contributed by atoms with E-state index in [4.69, 9.17) is 5.73 Å².